The number of hydrogen-bond acceptors (Lipinski definition) is 5. The summed E-state index contributed by atoms with van der Waals surface area (Å²) in [6.45, 7) is 4.85. The Morgan fingerprint density at radius 2 is 1.92 bits per heavy atom. The van der Waals surface area contributed by atoms with Gasteiger partial charge >= 0.3 is 0 Å². The molecule has 1 aliphatic heterocycles. The van der Waals surface area contributed by atoms with E-state index in [2.05, 4.69) is 5.32 Å². The van der Waals surface area contributed by atoms with Crippen molar-refractivity contribution in [1.82, 2.24) is 15.1 Å². The van der Waals surface area contributed by atoms with Crippen molar-refractivity contribution in [3.63, 3.8) is 0 Å². The number of rotatable bonds is 7. The Kier molecular flexibility index (Phi) is 7.21. The molecule has 0 radical (unpaired) electrons. The third kappa shape index (κ3) is 5.72. The second-order valence-corrected chi connectivity index (χ2v) is 6.15. The molecule has 1 atom stereocenters. The predicted octanol–water partition coefficient (Wildman–Crippen LogP) is 0.491. The first-order chi connectivity index (χ1) is 12.0. The summed E-state index contributed by atoms with van der Waals surface area (Å²) in [5, 5.41) is 2.90. The van der Waals surface area contributed by atoms with E-state index in [-0.39, 0.29) is 24.4 Å². The number of hydrogen-bond donors (Lipinski definition) is 1. The zero-order valence-corrected chi connectivity index (χ0v) is 15.2. The Morgan fingerprint density at radius 3 is 2.52 bits per heavy atom. The van der Waals surface area contributed by atoms with Crippen LogP contribution in [0.3, 0.4) is 0 Å². The fourth-order valence-electron chi connectivity index (χ4n) is 2.54. The lowest BCUT2D eigenvalue weighted by Gasteiger charge is -2.30. The maximum absolute atomic E-state index is 12.3. The fraction of sp³-hybridized carbons (Fsp3) is 0.556. The monoisotopic (exact) mass is 349 g/mol. The van der Waals surface area contributed by atoms with E-state index >= 15 is 0 Å². The highest BCUT2D eigenvalue weighted by Gasteiger charge is 2.23. The molecule has 1 aromatic rings. The van der Waals surface area contributed by atoms with Crippen LogP contribution in [0.25, 0.3) is 0 Å². The van der Waals surface area contributed by atoms with Crippen LogP contribution in [0.4, 0.5) is 0 Å². The van der Waals surface area contributed by atoms with Crippen LogP contribution in [0, 0.1) is 0 Å². The number of methoxy groups -OCH3 is 1. The van der Waals surface area contributed by atoms with Crippen LogP contribution in [-0.2, 0) is 20.9 Å². The first-order valence-electron chi connectivity index (χ1n) is 8.47. The van der Waals surface area contributed by atoms with E-state index in [1.54, 1.807) is 30.9 Å². The zero-order valence-electron chi connectivity index (χ0n) is 15.2. The van der Waals surface area contributed by atoms with Gasteiger partial charge in [-0.25, -0.2) is 0 Å². The quantitative estimate of drug-likeness (QED) is 0.776. The lowest BCUT2D eigenvalue weighted by atomic mass is 10.2. The number of ether oxygens (including phenoxy) is 2. The molecule has 1 N–H and O–H groups in total. The minimum atomic E-state index is -0.386. The number of likely N-dealkylation sites (N-methyl/N-ethyl adjacent to an activating group) is 1. The number of carbonyl (C=O) groups is 2. The molecule has 2 amide bonds. The average Bonchev–Trinajstić information content (AvgIpc) is 2.66. The lowest BCUT2D eigenvalue weighted by molar-refractivity contribution is -0.137. The third-order valence-corrected chi connectivity index (χ3v) is 4.41. The Hall–Kier alpha value is -2.12. The third-order valence-electron chi connectivity index (χ3n) is 4.41. The number of nitrogens with zero attached hydrogens (tertiary/aromatic N) is 2. The average molecular weight is 349 g/mol. The molecule has 138 valence electrons. The van der Waals surface area contributed by atoms with Crippen LogP contribution in [0.5, 0.6) is 5.75 Å². The minimum Gasteiger partial charge on any atom is -0.497 e. The van der Waals surface area contributed by atoms with Crippen molar-refractivity contribution >= 4 is 11.8 Å². The van der Waals surface area contributed by atoms with Crippen molar-refractivity contribution in [2.24, 2.45) is 0 Å². The second kappa shape index (κ2) is 9.39. The molecule has 1 heterocycles. The van der Waals surface area contributed by atoms with Crippen LogP contribution >= 0.6 is 0 Å². The highest BCUT2D eigenvalue weighted by atomic mass is 16.5. The second-order valence-electron chi connectivity index (χ2n) is 6.15. The smallest absolute Gasteiger partial charge is 0.237 e. The van der Waals surface area contributed by atoms with Crippen LogP contribution in [0.2, 0.25) is 0 Å². The number of nitrogens with one attached hydrogen (secondary N) is 1. The van der Waals surface area contributed by atoms with Gasteiger partial charge in [-0.05, 0) is 31.7 Å². The molecule has 2 rings (SSSR count). The van der Waals surface area contributed by atoms with Gasteiger partial charge in [0.2, 0.25) is 11.8 Å². The summed E-state index contributed by atoms with van der Waals surface area (Å²) in [6.07, 6.45) is 0. The van der Waals surface area contributed by atoms with E-state index in [1.807, 2.05) is 24.3 Å². The Bertz CT molecular complexity index is 570. The first-order valence-corrected chi connectivity index (χ1v) is 8.47. The molecular weight excluding hydrogens is 322 g/mol. The highest BCUT2D eigenvalue weighted by Crippen LogP contribution is 2.11. The van der Waals surface area contributed by atoms with Gasteiger partial charge in [0.05, 0.1) is 32.9 Å². The molecule has 0 aromatic heterocycles. The van der Waals surface area contributed by atoms with E-state index in [1.165, 1.54) is 0 Å². The van der Waals surface area contributed by atoms with Crippen molar-refractivity contribution in [3.8, 4) is 5.75 Å². The minimum absolute atomic E-state index is 0.0283. The zero-order chi connectivity index (χ0) is 18.2. The summed E-state index contributed by atoms with van der Waals surface area (Å²) in [7, 11) is 3.41. The Morgan fingerprint density at radius 1 is 1.28 bits per heavy atom. The van der Waals surface area contributed by atoms with Gasteiger partial charge < -0.3 is 19.7 Å². The van der Waals surface area contributed by atoms with Gasteiger partial charge in [-0.2, -0.15) is 0 Å². The summed E-state index contributed by atoms with van der Waals surface area (Å²) in [6, 6.07) is 7.16. The van der Waals surface area contributed by atoms with Crippen molar-refractivity contribution in [2.45, 2.75) is 19.5 Å². The molecule has 0 aliphatic carbocycles. The largest absolute Gasteiger partial charge is 0.497 e. The Balaban J connectivity index is 1.78. The van der Waals surface area contributed by atoms with E-state index in [9.17, 15) is 9.59 Å². The highest BCUT2D eigenvalue weighted by molar-refractivity contribution is 5.83. The van der Waals surface area contributed by atoms with Crippen molar-refractivity contribution in [1.29, 1.82) is 0 Å². The van der Waals surface area contributed by atoms with Crippen molar-refractivity contribution in [3.05, 3.63) is 29.8 Å². The van der Waals surface area contributed by atoms with Gasteiger partial charge in [-0.1, -0.05) is 12.1 Å². The molecule has 1 saturated heterocycles. The molecule has 0 saturated carbocycles. The molecule has 1 fully saturated rings. The van der Waals surface area contributed by atoms with Crippen LogP contribution < -0.4 is 10.1 Å². The molecule has 7 nitrogen and oxygen atoms in total. The summed E-state index contributed by atoms with van der Waals surface area (Å²) in [4.78, 5) is 28.1. The van der Waals surface area contributed by atoms with Crippen LogP contribution in [0.1, 0.15) is 12.5 Å². The number of carbonyl (C=O) groups excluding carboxylic acids is 2. The predicted molar refractivity (Wildman–Crippen MR) is 94.3 cm³/mol. The first kappa shape index (κ1) is 19.2. The summed E-state index contributed by atoms with van der Waals surface area (Å²) < 4.78 is 10.4. The van der Waals surface area contributed by atoms with Crippen molar-refractivity contribution < 1.29 is 19.1 Å². The molecule has 0 spiro atoms. The topological polar surface area (TPSA) is 71.1 Å². The standard InChI is InChI=1S/C18H27N3O4/c1-14(20(2)13-17(22)21-8-10-25-11-9-21)18(23)19-12-15-4-6-16(24-3)7-5-15/h4-7,14H,8-13H2,1-3H3,(H,19,23)/t14-/m1/s1. The molecular formula is C18H27N3O4. The number of amides is 2. The molecule has 25 heavy (non-hydrogen) atoms. The normalized spacial score (nSPS) is 15.8. The van der Waals surface area contributed by atoms with Gasteiger partial charge in [0.15, 0.2) is 0 Å². The van der Waals surface area contributed by atoms with E-state index in [0.29, 0.717) is 32.8 Å². The van der Waals surface area contributed by atoms with E-state index < -0.39 is 0 Å². The Labute approximate surface area is 148 Å². The molecule has 7 heteroatoms. The molecule has 1 aromatic carbocycles. The summed E-state index contributed by atoms with van der Waals surface area (Å²) >= 11 is 0. The van der Waals surface area contributed by atoms with Crippen molar-refractivity contribution in [2.75, 3.05) is 47.0 Å². The molecule has 0 unspecified atom stereocenters. The van der Waals surface area contributed by atoms with Gasteiger partial charge in [0, 0.05) is 19.6 Å². The van der Waals surface area contributed by atoms with E-state index in [0.717, 1.165) is 11.3 Å². The van der Waals surface area contributed by atoms with Crippen LogP contribution in [-0.4, -0.2) is 74.7 Å². The SMILES string of the molecule is COc1ccc(CNC(=O)[C@@H](C)N(C)CC(=O)N2CCOCC2)cc1. The maximum Gasteiger partial charge on any atom is 0.237 e. The molecule has 0 bridgehead atoms. The van der Waals surface area contributed by atoms with E-state index in [4.69, 9.17) is 9.47 Å². The fourth-order valence-corrected chi connectivity index (χ4v) is 2.54. The van der Waals surface area contributed by atoms with Gasteiger partial charge in [-0.15, -0.1) is 0 Å². The van der Waals surface area contributed by atoms with Crippen LogP contribution in [0.15, 0.2) is 24.3 Å². The summed E-state index contributed by atoms with van der Waals surface area (Å²) in [5.74, 6) is 0.707. The number of morpholine rings is 1. The summed E-state index contributed by atoms with van der Waals surface area (Å²) in [5.41, 5.74) is 0.994. The maximum atomic E-state index is 12.3. The van der Waals surface area contributed by atoms with Gasteiger partial charge in [0.1, 0.15) is 5.75 Å². The van der Waals surface area contributed by atoms with Gasteiger partial charge in [-0.3, -0.25) is 14.5 Å². The number of benzene rings is 1. The lowest BCUT2D eigenvalue weighted by Crippen LogP contribution is -2.49. The molecule has 1 aliphatic rings. The van der Waals surface area contributed by atoms with Gasteiger partial charge in [0.25, 0.3) is 0 Å².